The van der Waals surface area contributed by atoms with Crippen LogP contribution in [0.3, 0.4) is 0 Å². The highest BCUT2D eigenvalue weighted by atomic mass is 35.5. The molecule has 0 N–H and O–H groups in total. The summed E-state index contributed by atoms with van der Waals surface area (Å²) in [6.45, 7) is 8.85. The molecule has 1 fully saturated rings. The average Bonchev–Trinajstić information content (AvgIpc) is 2.74. The highest BCUT2D eigenvalue weighted by Crippen LogP contribution is 2.36. The van der Waals surface area contributed by atoms with Gasteiger partial charge in [-0.25, -0.2) is 0 Å². The van der Waals surface area contributed by atoms with Crippen molar-refractivity contribution in [3.8, 4) is 11.5 Å². The Bertz CT molecular complexity index is 999. The van der Waals surface area contributed by atoms with Gasteiger partial charge in [-0.2, -0.15) is 0 Å². The van der Waals surface area contributed by atoms with Crippen LogP contribution in [0.15, 0.2) is 30.3 Å². The smallest absolute Gasteiger partial charge is 0.260 e. The minimum atomic E-state index is -0.125. The van der Waals surface area contributed by atoms with Crippen LogP contribution < -0.4 is 14.4 Å². The molecule has 0 spiro atoms. The average molecular weight is 477 g/mol. The van der Waals surface area contributed by atoms with Crippen LogP contribution in [0, 0.1) is 5.41 Å². The number of fused-ring (bicyclic) bond motifs is 1. The number of carbonyl (C=O) groups is 1. The lowest BCUT2D eigenvalue weighted by Gasteiger charge is -2.36. The zero-order valence-electron chi connectivity index (χ0n) is 18.9. The maximum atomic E-state index is 13.2. The third kappa shape index (κ3) is 5.00. The molecule has 0 radical (unpaired) electrons. The van der Waals surface area contributed by atoms with Crippen molar-refractivity contribution in [2.45, 2.75) is 33.1 Å². The molecule has 2 heterocycles. The highest BCUT2D eigenvalue weighted by Gasteiger charge is 2.29. The van der Waals surface area contributed by atoms with Gasteiger partial charge in [-0.05, 0) is 67.6 Å². The summed E-state index contributed by atoms with van der Waals surface area (Å²) in [6.07, 6.45) is 3.10. The molecule has 2 aliphatic rings. The molecule has 1 amide bonds. The molecule has 0 atom stereocenters. The van der Waals surface area contributed by atoms with Crippen molar-refractivity contribution in [1.82, 2.24) is 4.90 Å². The van der Waals surface area contributed by atoms with Gasteiger partial charge in [-0.15, -0.1) is 0 Å². The largest absolute Gasteiger partial charge is 0.493 e. The molecule has 0 aliphatic carbocycles. The van der Waals surface area contributed by atoms with Crippen molar-refractivity contribution in [2.75, 3.05) is 44.8 Å². The fraction of sp³-hybridized carbons (Fsp3) is 0.480. The van der Waals surface area contributed by atoms with E-state index in [1.54, 1.807) is 18.1 Å². The zero-order chi connectivity index (χ0) is 22.9. The topological polar surface area (TPSA) is 42.0 Å². The van der Waals surface area contributed by atoms with Crippen LogP contribution in [0.25, 0.3) is 0 Å². The Hall–Kier alpha value is -1.95. The van der Waals surface area contributed by atoms with Gasteiger partial charge < -0.3 is 14.4 Å². The molecular weight excluding hydrogens is 447 g/mol. The Labute approximate surface area is 200 Å². The third-order valence-electron chi connectivity index (χ3n) is 6.53. The second-order valence-electron chi connectivity index (χ2n) is 9.32. The van der Waals surface area contributed by atoms with E-state index in [4.69, 9.17) is 32.7 Å². The fourth-order valence-electron chi connectivity index (χ4n) is 4.39. The number of anilines is 1. The molecule has 7 heteroatoms. The number of carbonyl (C=O) groups excluding carboxylic acids is 1. The second kappa shape index (κ2) is 9.50. The number of rotatable bonds is 6. The van der Waals surface area contributed by atoms with E-state index >= 15 is 0 Å². The molecule has 2 aliphatic heterocycles. The Morgan fingerprint density at radius 3 is 2.50 bits per heavy atom. The Morgan fingerprint density at radius 2 is 1.78 bits per heavy atom. The minimum absolute atomic E-state index is 0.125. The first-order valence-corrected chi connectivity index (χ1v) is 11.9. The summed E-state index contributed by atoms with van der Waals surface area (Å²) in [7, 11) is 1.63. The van der Waals surface area contributed by atoms with E-state index in [1.807, 2.05) is 24.3 Å². The molecule has 0 aromatic heterocycles. The van der Waals surface area contributed by atoms with Gasteiger partial charge in [0.05, 0.1) is 17.7 Å². The van der Waals surface area contributed by atoms with Crippen molar-refractivity contribution < 1.29 is 14.3 Å². The Morgan fingerprint density at radius 1 is 1.03 bits per heavy atom. The van der Waals surface area contributed by atoms with E-state index in [0.29, 0.717) is 52.1 Å². The zero-order valence-corrected chi connectivity index (χ0v) is 20.4. The van der Waals surface area contributed by atoms with Crippen LogP contribution >= 0.6 is 23.2 Å². The van der Waals surface area contributed by atoms with Gasteiger partial charge in [0.15, 0.2) is 11.5 Å². The number of hydrogen-bond acceptors (Lipinski definition) is 4. The fourth-order valence-corrected chi connectivity index (χ4v) is 5.01. The molecule has 0 bridgehead atoms. The number of halogens is 2. The van der Waals surface area contributed by atoms with Crippen LogP contribution in [0.1, 0.15) is 42.6 Å². The maximum Gasteiger partial charge on any atom is 0.260 e. The molecule has 172 valence electrons. The van der Waals surface area contributed by atoms with Crippen LogP contribution in [-0.4, -0.2) is 50.7 Å². The molecule has 32 heavy (non-hydrogen) atoms. The quantitative estimate of drug-likeness (QED) is 0.535. The van der Waals surface area contributed by atoms with Crippen molar-refractivity contribution in [2.24, 2.45) is 5.41 Å². The Balaban J connectivity index is 1.47. The summed E-state index contributed by atoms with van der Waals surface area (Å²) >= 11 is 12.5. The van der Waals surface area contributed by atoms with E-state index in [-0.39, 0.29) is 5.91 Å². The van der Waals surface area contributed by atoms with E-state index < -0.39 is 0 Å². The molecular formula is C25H30Cl2N2O3. The van der Waals surface area contributed by atoms with Crippen molar-refractivity contribution in [1.29, 1.82) is 0 Å². The number of hydrogen-bond donors (Lipinski definition) is 0. The van der Waals surface area contributed by atoms with Crippen LogP contribution in [-0.2, 0) is 6.42 Å². The molecule has 2 aromatic carbocycles. The molecule has 0 saturated carbocycles. The molecule has 1 saturated heterocycles. The van der Waals surface area contributed by atoms with Gasteiger partial charge in [0.1, 0.15) is 6.61 Å². The molecule has 0 unspecified atom stereocenters. The van der Waals surface area contributed by atoms with E-state index in [2.05, 4.69) is 18.7 Å². The van der Waals surface area contributed by atoms with Gasteiger partial charge in [0.2, 0.25) is 0 Å². The predicted molar refractivity (Wildman–Crippen MR) is 130 cm³/mol. The van der Waals surface area contributed by atoms with Crippen LogP contribution in [0.2, 0.25) is 10.0 Å². The number of likely N-dealkylation sites (tertiary alicyclic amines) is 1. The van der Waals surface area contributed by atoms with E-state index in [0.717, 1.165) is 30.9 Å². The third-order valence-corrected chi connectivity index (χ3v) is 7.05. The van der Waals surface area contributed by atoms with Gasteiger partial charge in [0, 0.05) is 29.9 Å². The lowest BCUT2D eigenvalue weighted by atomic mass is 9.83. The van der Waals surface area contributed by atoms with E-state index in [9.17, 15) is 4.79 Å². The summed E-state index contributed by atoms with van der Waals surface area (Å²) in [6, 6.07) is 9.05. The molecule has 5 nitrogen and oxygen atoms in total. The lowest BCUT2D eigenvalue weighted by molar-refractivity contribution is 0.0980. The monoisotopic (exact) mass is 476 g/mol. The lowest BCUT2D eigenvalue weighted by Crippen LogP contribution is -2.39. The highest BCUT2D eigenvalue weighted by molar-refractivity contribution is 6.37. The number of amides is 1. The minimum Gasteiger partial charge on any atom is -0.493 e. The SMILES string of the molecule is COc1ccc(N2CCc3cc(Cl)cc(Cl)c3C2=O)cc1OCCN1CCC(C)(C)CC1. The van der Waals surface area contributed by atoms with Crippen LogP contribution in [0.4, 0.5) is 5.69 Å². The Kier molecular flexibility index (Phi) is 6.89. The first kappa shape index (κ1) is 23.2. The first-order valence-electron chi connectivity index (χ1n) is 11.1. The second-order valence-corrected chi connectivity index (χ2v) is 10.2. The van der Waals surface area contributed by atoms with E-state index in [1.165, 1.54) is 12.8 Å². The van der Waals surface area contributed by atoms with Crippen molar-refractivity contribution >= 4 is 34.8 Å². The van der Waals surface area contributed by atoms with Crippen molar-refractivity contribution in [3.05, 3.63) is 51.5 Å². The molecule has 4 rings (SSSR count). The number of piperidine rings is 1. The van der Waals surface area contributed by atoms with Gasteiger partial charge in [0.25, 0.3) is 5.91 Å². The number of nitrogens with zero attached hydrogens (tertiary/aromatic N) is 2. The number of benzene rings is 2. The summed E-state index contributed by atoms with van der Waals surface area (Å²) in [5, 5.41) is 0.935. The van der Waals surface area contributed by atoms with Gasteiger partial charge in [-0.1, -0.05) is 37.0 Å². The summed E-state index contributed by atoms with van der Waals surface area (Å²) in [5.74, 6) is 1.17. The number of ether oxygens (including phenoxy) is 2. The first-order chi connectivity index (χ1) is 15.3. The molecule has 2 aromatic rings. The van der Waals surface area contributed by atoms with Gasteiger partial charge in [-0.3, -0.25) is 9.69 Å². The summed E-state index contributed by atoms with van der Waals surface area (Å²) in [4.78, 5) is 17.4. The number of methoxy groups -OCH3 is 1. The summed E-state index contributed by atoms with van der Waals surface area (Å²) < 4.78 is 11.6. The van der Waals surface area contributed by atoms with Crippen LogP contribution in [0.5, 0.6) is 11.5 Å². The standard InChI is InChI=1S/C25H30Cl2N2O3/c1-25(2)7-10-28(11-8-25)12-13-32-22-16-19(4-5-21(22)31-3)29-9-6-17-14-18(26)15-20(27)23(17)24(29)30/h4-5,14-16H,6-13H2,1-3H3. The summed E-state index contributed by atoms with van der Waals surface area (Å²) in [5.41, 5.74) is 2.61. The predicted octanol–water partition coefficient (Wildman–Crippen LogP) is 5.71. The normalized spacial score (nSPS) is 18.4. The maximum absolute atomic E-state index is 13.2. The van der Waals surface area contributed by atoms with Crippen molar-refractivity contribution in [3.63, 3.8) is 0 Å². The van der Waals surface area contributed by atoms with Gasteiger partial charge >= 0.3 is 0 Å².